The van der Waals surface area contributed by atoms with Crippen LogP contribution < -0.4 is 15.2 Å². The van der Waals surface area contributed by atoms with Crippen molar-refractivity contribution < 1.29 is 9.47 Å². The van der Waals surface area contributed by atoms with Crippen LogP contribution in [0.25, 0.3) is 0 Å². The molecule has 0 saturated carbocycles. The smallest absolute Gasteiger partial charge is 0.219 e. The van der Waals surface area contributed by atoms with Gasteiger partial charge in [-0.2, -0.15) is 0 Å². The van der Waals surface area contributed by atoms with Crippen LogP contribution in [0.4, 0.5) is 0 Å². The van der Waals surface area contributed by atoms with Crippen molar-refractivity contribution >= 4 is 0 Å². The Labute approximate surface area is 125 Å². The maximum atomic E-state index is 5.83. The molecule has 0 aliphatic rings. The van der Waals surface area contributed by atoms with E-state index in [0.717, 1.165) is 22.8 Å². The quantitative estimate of drug-likeness (QED) is 0.932. The van der Waals surface area contributed by atoms with Crippen LogP contribution in [0.3, 0.4) is 0 Å². The van der Waals surface area contributed by atoms with E-state index in [4.69, 9.17) is 15.2 Å². The Bertz CT molecular complexity index is 601. The fourth-order valence-electron chi connectivity index (χ4n) is 1.88. The Kier molecular flexibility index (Phi) is 4.48. The normalized spacial score (nSPS) is 11.3. The minimum Gasteiger partial charge on any atom is -0.497 e. The van der Waals surface area contributed by atoms with Gasteiger partial charge in [-0.15, -0.1) is 0 Å². The number of benzene rings is 1. The van der Waals surface area contributed by atoms with Gasteiger partial charge in [0.15, 0.2) is 0 Å². The van der Waals surface area contributed by atoms with Gasteiger partial charge in [0.05, 0.1) is 12.8 Å². The zero-order valence-electron chi connectivity index (χ0n) is 13.0. The first-order chi connectivity index (χ1) is 9.92. The average molecular weight is 286 g/mol. The van der Waals surface area contributed by atoms with Gasteiger partial charge in [0.1, 0.15) is 11.5 Å². The highest BCUT2D eigenvalue weighted by Gasteiger charge is 2.17. The van der Waals surface area contributed by atoms with E-state index in [9.17, 15) is 0 Å². The molecule has 0 amide bonds. The summed E-state index contributed by atoms with van der Waals surface area (Å²) in [7, 11) is 1.64. The molecule has 0 radical (unpaired) electrons. The molecule has 1 heterocycles. The van der Waals surface area contributed by atoms with Gasteiger partial charge in [0.25, 0.3) is 0 Å². The zero-order valence-corrected chi connectivity index (χ0v) is 13.0. The maximum absolute atomic E-state index is 5.83. The van der Waals surface area contributed by atoms with Gasteiger partial charge in [-0.05, 0) is 35.9 Å². The molecular formula is C17H22N2O2. The van der Waals surface area contributed by atoms with E-state index in [-0.39, 0.29) is 5.41 Å². The number of methoxy groups -OCH3 is 1. The molecule has 0 atom stereocenters. The van der Waals surface area contributed by atoms with Crippen molar-refractivity contribution in [3.63, 3.8) is 0 Å². The number of ether oxygens (including phenoxy) is 2. The summed E-state index contributed by atoms with van der Waals surface area (Å²) in [6.45, 7) is 6.82. The van der Waals surface area contributed by atoms with Crippen LogP contribution in [0.1, 0.15) is 32.0 Å². The number of nitrogens with two attached hydrogens (primary N) is 1. The van der Waals surface area contributed by atoms with E-state index in [1.54, 1.807) is 7.11 Å². The molecule has 4 nitrogen and oxygen atoms in total. The second-order valence-electron chi connectivity index (χ2n) is 5.93. The molecule has 112 valence electrons. The summed E-state index contributed by atoms with van der Waals surface area (Å²) < 4.78 is 11.0. The average Bonchev–Trinajstić information content (AvgIpc) is 2.46. The topological polar surface area (TPSA) is 57.4 Å². The SMILES string of the molecule is COc1ccc(Oc2cc(CN)cc(C(C)(C)C)n2)cc1. The molecule has 0 unspecified atom stereocenters. The summed E-state index contributed by atoms with van der Waals surface area (Å²) in [5.74, 6) is 2.08. The van der Waals surface area contributed by atoms with Gasteiger partial charge < -0.3 is 15.2 Å². The molecule has 0 saturated heterocycles. The molecule has 0 spiro atoms. The summed E-state index contributed by atoms with van der Waals surface area (Å²) >= 11 is 0. The molecule has 1 aromatic heterocycles. The zero-order chi connectivity index (χ0) is 15.5. The summed E-state index contributed by atoms with van der Waals surface area (Å²) in [5, 5.41) is 0. The minimum absolute atomic E-state index is 0.0524. The fraction of sp³-hybridized carbons (Fsp3) is 0.353. The minimum atomic E-state index is -0.0524. The van der Waals surface area contributed by atoms with Gasteiger partial charge in [0, 0.05) is 18.0 Å². The van der Waals surface area contributed by atoms with Crippen LogP contribution in [-0.2, 0) is 12.0 Å². The second kappa shape index (κ2) is 6.14. The van der Waals surface area contributed by atoms with Gasteiger partial charge >= 0.3 is 0 Å². The molecule has 4 heteroatoms. The van der Waals surface area contributed by atoms with Crippen LogP contribution in [0.5, 0.6) is 17.4 Å². The molecule has 1 aromatic carbocycles. The Morgan fingerprint density at radius 2 is 1.67 bits per heavy atom. The number of pyridine rings is 1. The number of hydrogen-bond donors (Lipinski definition) is 1. The van der Waals surface area contributed by atoms with Gasteiger partial charge in [0.2, 0.25) is 5.88 Å². The molecule has 0 aliphatic heterocycles. The van der Waals surface area contributed by atoms with Crippen LogP contribution in [-0.4, -0.2) is 12.1 Å². The third-order valence-electron chi connectivity index (χ3n) is 3.15. The maximum Gasteiger partial charge on any atom is 0.219 e. The van der Waals surface area contributed by atoms with E-state index < -0.39 is 0 Å². The van der Waals surface area contributed by atoms with Crippen LogP contribution in [0.2, 0.25) is 0 Å². The molecule has 2 aromatic rings. The van der Waals surface area contributed by atoms with Crippen LogP contribution in [0.15, 0.2) is 36.4 Å². The number of rotatable bonds is 4. The summed E-state index contributed by atoms with van der Waals surface area (Å²) in [6, 6.07) is 11.3. The Morgan fingerprint density at radius 3 is 2.19 bits per heavy atom. The number of aromatic nitrogens is 1. The van der Waals surface area contributed by atoms with E-state index >= 15 is 0 Å². The van der Waals surface area contributed by atoms with Gasteiger partial charge in [-0.25, -0.2) is 4.98 Å². The predicted molar refractivity (Wildman–Crippen MR) is 83.9 cm³/mol. The Balaban J connectivity index is 2.29. The lowest BCUT2D eigenvalue weighted by Gasteiger charge is -2.19. The molecular weight excluding hydrogens is 264 g/mol. The second-order valence-corrected chi connectivity index (χ2v) is 5.93. The Morgan fingerprint density at radius 1 is 1.05 bits per heavy atom. The van der Waals surface area contributed by atoms with E-state index in [1.807, 2.05) is 36.4 Å². The van der Waals surface area contributed by atoms with Crippen LogP contribution >= 0.6 is 0 Å². The number of nitrogens with zero attached hydrogens (tertiary/aromatic N) is 1. The summed E-state index contributed by atoms with van der Waals surface area (Å²) in [4.78, 5) is 4.58. The largest absolute Gasteiger partial charge is 0.497 e. The van der Waals surface area contributed by atoms with Crippen molar-refractivity contribution in [2.75, 3.05) is 7.11 Å². The molecule has 0 bridgehead atoms. The monoisotopic (exact) mass is 286 g/mol. The van der Waals surface area contributed by atoms with Crippen molar-refractivity contribution in [1.29, 1.82) is 0 Å². The van der Waals surface area contributed by atoms with Crippen molar-refractivity contribution in [2.45, 2.75) is 32.7 Å². The summed E-state index contributed by atoms with van der Waals surface area (Å²) in [5.41, 5.74) is 7.69. The van der Waals surface area contributed by atoms with Crippen LogP contribution in [0, 0.1) is 0 Å². The van der Waals surface area contributed by atoms with E-state index in [1.165, 1.54) is 0 Å². The molecule has 2 rings (SSSR count). The third kappa shape index (κ3) is 3.95. The van der Waals surface area contributed by atoms with Gasteiger partial charge in [-0.3, -0.25) is 0 Å². The molecule has 0 aliphatic carbocycles. The molecule has 2 N–H and O–H groups in total. The summed E-state index contributed by atoms with van der Waals surface area (Å²) in [6.07, 6.45) is 0. The van der Waals surface area contributed by atoms with E-state index in [2.05, 4.69) is 25.8 Å². The first-order valence-electron chi connectivity index (χ1n) is 6.96. The van der Waals surface area contributed by atoms with Crippen molar-refractivity contribution in [3.8, 4) is 17.4 Å². The Hall–Kier alpha value is -2.07. The highest BCUT2D eigenvalue weighted by molar-refractivity contribution is 5.35. The third-order valence-corrected chi connectivity index (χ3v) is 3.15. The lowest BCUT2D eigenvalue weighted by atomic mass is 9.91. The van der Waals surface area contributed by atoms with Crippen molar-refractivity contribution in [3.05, 3.63) is 47.7 Å². The first-order valence-corrected chi connectivity index (χ1v) is 6.96. The fourth-order valence-corrected chi connectivity index (χ4v) is 1.88. The standard InChI is InChI=1S/C17H22N2O2/c1-17(2,3)15-9-12(11-18)10-16(19-15)21-14-7-5-13(20-4)6-8-14/h5-10H,11,18H2,1-4H3. The lowest BCUT2D eigenvalue weighted by Crippen LogP contribution is -2.15. The van der Waals surface area contributed by atoms with Crippen molar-refractivity contribution in [1.82, 2.24) is 4.98 Å². The highest BCUT2D eigenvalue weighted by Crippen LogP contribution is 2.27. The lowest BCUT2D eigenvalue weighted by molar-refractivity contribution is 0.411. The highest BCUT2D eigenvalue weighted by atomic mass is 16.5. The predicted octanol–water partition coefficient (Wildman–Crippen LogP) is 3.64. The first kappa shape index (κ1) is 15.3. The van der Waals surface area contributed by atoms with Gasteiger partial charge in [-0.1, -0.05) is 20.8 Å². The molecule has 21 heavy (non-hydrogen) atoms. The van der Waals surface area contributed by atoms with Crippen molar-refractivity contribution in [2.24, 2.45) is 5.73 Å². The number of hydrogen-bond acceptors (Lipinski definition) is 4. The van der Waals surface area contributed by atoms with E-state index in [0.29, 0.717) is 12.4 Å². The molecule has 0 fully saturated rings.